The lowest BCUT2D eigenvalue weighted by molar-refractivity contribution is -0.134. The van der Waals surface area contributed by atoms with Crippen molar-refractivity contribution in [3.8, 4) is 0 Å². The summed E-state index contributed by atoms with van der Waals surface area (Å²) in [5, 5.41) is 7.42. The van der Waals surface area contributed by atoms with E-state index in [4.69, 9.17) is 9.90 Å². The van der Waals surface area contributed by atoms with E-state index in [0.717, 1.165) is 6.92 Å². The minimum atomic E-state index is -0.833. The number of hydrogen-bond donors (Lipinski definition) is 1. The molecule has 10 nitrogen and oxygen atoms in total. The molecule has 92 valence electrons. The van der Waals surface area contributed by atoms with E-state index in [0.29, 0.717) is 0 Å². The molecule has 13 heavy (non-hydrogen) atoms. The van der Waals surface area contributed by atoms with Gasteiger partial charge in [0.1, 0.15) is 0 Å². The smallest absolute Gasteiger partial charge is 0.316 e. The van der Waals surface area contributed by atoms with Gasteiger partial charge in [0, 0.05) is 6.92 Å². The average Bonchev–Trinajstić information content (AvgIpc) is 0.811. The molecule has 0 atom stereocenters. The number of rotatable bonds is 0. The van der Waals surface area contributed by atoms with E-state index in [9.17, 15) is 0 Å². The van der Waals surface area contributed by atoms with E-state index in [1.54, 1.807) is 0 Å². The monoisotopic (exact) mass is 230 g/mol. The second-order valence-electron chi connectivity index (χ2n) is 0.519. The second-order valence-corrected chi connectivity index (χ2v) is 0.519. The van der Waals surface area contributed by atoms with Gasteiger partial charge in [0.2, 0.25) is 0 Å². The lowest BCUT2D eigenvalue weighted by atomic mass is 10.9. The van der Waals surface area contributed by atoms with Crippen molar-refractivity contribution in [2.45, 2.75) is 6.92 Å². The van der Waals surface area contributed by atoms with Crippen LogP contribution in [0.4, 0.5) is 0 Å². The van der Waals surface area contributed by atoms with Crippen LogP contribution in [0.2, 0.25) is 0 Å². The molecule has 0 aliphatic rings. The van der Waals surface area contributed by atoms with E-state index in [2.05, 4.69) is 0 Å². The fraction of sp³-hybridized carbons (Fsp3) is 0.500. The summed E-state index contributed by atoms with van der Waals surface area (Å²) < 4.78 is 0. The van der Waals surface area contributed by atoms with Crippen molar-refractivity contribution in [1.82, 2.24) is 0 Å². The van der Waals surface area contributed by atoms with Gasteiger partial charge in [-0.15, -0.1) is 0 Å². The molecule has 0 unspecified atom stereocenters. The Balaban J connectivity index is -0.00000000125. The van der Waals surface area contributed by atoms with Crippen LogP contribution in [0.3, 0.4) is 0 Å². The summed E-state index contributed by atoms with van der Waals surface area (Å²) >= 11 is 0. The second kappa shape index (κ2) is 167. The van der Waals surface area contributed by atoms with Gasteiger partial charge in [-0.3, -0.25) is 4.79 Å². The van der Waals surface area contributed by atoms with Crippen molar-refractivity contribution >= 4 is 29.0 Å². The van der Waals surface area contributed by atoms with Crippen molar-refractivity contribution in [3.63, 3.8) is 0 Å². The first kappa shape index (κ1) is 216. The summed E-state index contributed by atoms with van der Waals surface area (Å²) in [5.74, 6) is -0.833. The molecule has 0 fully saturated rings. The molecule has 0 radical (unpaired) electrons. The molecule has 0 aliphatic heterocycles. The highest BCUT2D eigenvalue weighted by Gasteiger charge is 1.65. The topological polar surface area (TPSA) is 289 Å². The van der Waals surface area contributed by atoms with Crippen LogP contribution in [0.1, 0.15) is 6.92 Å². The Hall–Kier alpha value is -0.0838. The maximum Gasteiger partial charge on any atom is 0.316 e. The normalized spacial score (nSPS) is 1.92. The maximum atomic E-state index is 9.00. The van der Waals surface area contributed by atoms with Crippen molar-refractivity contribution in [2.75, 3.05) is 0 Å². The Kier molecular flexibility index (Phi) is 2770. The first-order valence-electron chi connectivity index (χ1n) is 0.928. The summed E-state index contributed by atoms with van der Waals surface area (Å²) in [4.78, 5) is 9.00. The van der Waals surface area contributed by atoms with Crippen LogP contribution in [0.15, 0.2) is 0 Å². The van der Waals surface area contributed by atoms with Gasteiger partial charge in [-0.05, 0) is 0 Å². The standard InChI is InChI=1S/C2H4O2.Mg.8H2O.2H/c1-2(3)4;;;;;;;;;;;/h1H3,(H,3,4);;8*1H2;;. The third-order valence-corrected chi connectivity index (χ3v) is 0. The Morgan fingerprint density at radius 3 is 0.769 bits per heavy atom. The summed E-state index contributed by atoms with van der Waals surface area (Å²) in [6, 6.07) is 0. The number of carbonyl (C=O) groups is 1. The minimum absolute atomic E-state index is 0. The van der Waals surface area contributed by atoms with E-state index in [-0.39, 0.29) is 66.9 Å². The highest BCUT2D eigenvalue weighted by molar-refractivity contribution is 5.75. The number of carboxylic acid groups (broad SMARTS) is 1. The summed E-state index contributed by atoms with van der Waals surface area (Å²) in [6.45, 7) is 1.08. The highest BCUT2D eigenvalue weighted by Crippen LogP contribution is 1.42. The molecule has 0 aromatic heterocycles. The Morgan fingerprint density at radius 2 is 0.769 bits per heavy atom. The van der Waals surface area contributed by atoms with Gasteiger partial charge >= 0.3 is 23.1 Å². The van der Waals surface area contributed by atoms with Gasteiger partial charge in [-0.2, -0.15) is 0 Å². The third kappa shape index (κ3) is 167000. The predicted octanol–water partition coefficient (Wildman–Crippen LogP) is -7.42. The molecule has 0 amide bonds. The summed E-state index contributed by atoms with van der Waals surface area (Å²) in [7, 11) is 0. The average molecular weight is 230 g/mol. The van der Waals surface area contributed by atoms with Gasteiger partial charge in [0.25, 0.3) is 5.97 Å². The molecular formula is C2H22MgO10. The van der Waals surface area contributed by atoms with Crippen molar-refractivity contribution in [1.29, 1.82) is 0 Å². The first-order chi connectivity index (χ1) is 1.73. The number of hydrogen-bond acceptors (Lipinski definition) is 1. The van der Waals surface area contributed by atoms with E-state index in [1.807, 2.05) is 0 Å². The van der Waals surface area contributed by atoms with Crippen LogP contribution in [0.5, 0.6) is 0 Å². The lowest BCUT2D eigenvalue weighted by Crippen LogP contribution is -1.78. The Morgan fingerprint density at radius 1 is 0.769 bits per heavy atom. The van der Waals surface area contributed by atoms with Crippen molar-refractivity contribution in [2.24, 2.45) is 0 Å². The molecule has 0 aliphatic carbocycles. The van der Waals surface area contributed by atoms with E-state index < -0.39 is 5.97 Å². The molecule has 0 saturated carbocycles. The minimum Gasteiger partial charge on any atom is -0.481 e. The zero-order chi connectivity index (χ0) is 3.58. The predicted molar refractivity (Wildman–Crippen MR) is 50.8 cm³/mol. The highest BCUT2D eigenvalue weighted by atomic mass is 24.3. The van der Waals surface area contributed by atoms with E-state index in [1.165, 1.54) is 0 Å². The molecule has 0 saturated heterocycles. The molecule has 0 aromatic carbocycles. The molecule has 0 aromatic rings. The van der Waals surface area contributed by atoms with Crippen molar-refractivity contribution < 1.29 is 53.7 Å². The Labute approximate surface area is 90.2 Å². The van der Waals surface area contributed by atoms with Gasteiger partial charge in [-0.1, -0.05) is 0 Å². The largest absolute Gasteiger partial charge is 0.481 e. The quantitative estimate of drug-likeness (QED) is 0.396. The molecule has 11 heteroatoms. The SMILES string of the molecule is CC(=O)O.O.O.O.O.O.O.O.O.[MgH2]. The molecule has 0 heterocycles. The van der Waals surface area contributed by atoms with Gasteiger partial charge in [-0.25, -0.2) is 0 Å². The third-order valence-electron chi connectivity index (χ3n) is 0. The first-order valence-corrected chi connectivity index (χ1v) is 0.928. The van der Waals surface area contributed by atoms with Gasteiger partial charge < -0.3 is 48.9 Å². The number of carboxylic acids is 1. The van der Waals surface area contributed by atoms with Crippen LogP contribution >= 0.6 is 0 Å². The summed E-state index contributed by atoms with van der Waals surface area (Å²) in [5.41, 5.74) is 0. The molecule has 0 bridgehead atoms. The zero-order valence-corrected chi connectivity index (χ0v) is 6.36. The van der Waals surface area contributed by atoms with Crippen LogP contribution < -0.4 is 0 Å². The van der Waals surface area contributed by atoms with Crippen molar-refractivity contribution in [3.05, 3.63) is 0 Å². The van der Waals surface area contributed by atoms with Crippen LogP contribution in [0.25, 0.3) is 0 Å². The van der Waals surface area contributed by atoms with Gasteiger partial charge in [0.15, 0.2) is 0 Å². The molecule has 17 N–H and O–H groups in total. The van der Waals surface area contributed by atoms with E-state index >= 15 is 0 Å². The fourth-order valence-corrected chi connectivity index (χ4v) is 0. The van der Waals surface area contributed by atoms with Gasteiger partial charge in [0.05, 0.1) is 0 Å². The molecule has 0 spiro atoms. The van der Waals surface area contributed by atoms with Crippen LogP contribution in [-0.2, 0) is 4.79 Å². The fourth-order valence-electron chi connectivity index (χ4n) is 0. The zero-order valence-electron chi connectivity index (χ0n) is 6.36. The van der Waals surface area contributed by atoms with Crippen LogP contribution in [0, 0.1) is 0 Å². The van der Waals surface area contributed by atoms with Crippen LogP contribution in [-0.4, -0.2) is 77.9 Å². The lowest BCUT2D eigenvalue weighted by Gasteiger charge is -1.59. The molecular weight excluding hydrogens is 208 g/mol. The summed E-state index contributed by atoms with van der Waals surface area (Å²) in [6.07, 6.45) is 0. The molecule has 0 rings (SSSR count). The number of aliphatic carboxylic acids is 1. The maximum absolute atomic E-state index is 9.00. The Bertz CT molecular complexity index is 35.9.